The lowest BCUT2D eigenvalue weighted by Crippen LogP contribution is -2.23. The van der Waals surface area contributed by atoms with Crippen molar-refractivity contribution < 1.29 is 8.42 Å². The van der Waals surface area contributed by atoms with E-state index in [1.54, 1.807) is 18.2 Å². The van der Waals surface area contributed by atoms with Crippen LogP contribution in [0.1, 0.15) is 35.7 Å². The second-order valence-electron chi connectivity index (χ2n) is 4.79. The number of rotatable bonds is 6. The lowest BCUT2D eigenvalue weighted by Gasteiger charge is -2.11. The molecule has 1 aromatic heterocycles. The Balaban J connectivity index is 2.15. The van der Waals surface area contributed by atoms with Crippen LogP contribution in [0, 0.1) is 6.92 Å². The quantitative estimate of drug-likeness (QED) is 0.853. The van der Waals surface area contributed by atoms with Crippen LogP contribution < -0.4 is 10.5 Å². The molecule has 3 N–H and O–H groups in total. The maximum absolute atomic E-state index is 12.3. The molecule has 7 heteroatoms. The van der Waals surface area contributed by atoms with Crippen LogP contribution >= 0.6 is 11.3 Å². The van der Waals surface area contributed by atoms with Crippen LogP contribution in [0.2, 0.25) is 0 Å². The van der Waals surface area contributed by atoms with Gasteiger partial charge in [-0.3, -0.25) is 0 Å². The minimum Gasteiger partial charge on any atom is -0.324 e. The van der Waals surface area contributed by atoms with Gasteiger partial charge in [-0.25, -0.2) is 18.1 Å². The number of nitrogens with two attached hydrogens (primary N) is 1. The van der Waals surface area contributed by atoms with Crippen LogP contribution in [0.25, 0.3) is 0 Å². The predicted octanol–water partition coefficient (Wildman–Crippen LogP) is 2.34. The van der Waals surface area contributed by atoms with Gasteiger partial charge in [-0.1, -0.05) is 19.1 Å². The van der Waals surface area contributed by atoms with E-state index in [4.69, 9.17) is 5.73 Å². The second kappa shape index (κ2) is 6.65. The average Bonchev–Trinajstić information content (AvgIpc) is 2.90. The molecule has 2 rings (SSSR count). The number of benzene rings is 1. The molecule has 1 atom stereocenters. The van der Waals surface area contributed by atoms with Crippen molar-refractivity contribution in [1.82, 2.24) is 9.71 Å². The van der Waals surface area contributed by atoms with Crippen molar-refractivity contribution in [1.29, 1.82) is 0 Å². The Morgan fingerprint density at radius 3 is 2.81 bits per heavy atom. The van der Waals surface area contributed by atoms with Gasteiger partial charge in [0.2, 0.25) is 10.0 Å². The van der Waals surface area contributed by atoms with Crippen molar-refractivity contribution in [2.75, 3.05) is 0 Å². The first-order valence-corrected chi connectivity index (χ1v) is 9.05. The minimum absolute atomic E-state index is 0.151. The maximum Gasteiger partial charge on any atom is 0.240 e. The molecule has 5 nitrogen and oxygen atoms in total. The highest BCUT2D eigenvalue weighted by Crippen LogP contribution is 2.18. The molecular weight excluding hydrogens is 306 g/mol. The van der Waals surface area contributed by atoms with E-state index in [-0.39, 0.29) is 17.5 Å². The summed E-state index contributed by atoms with van der Waals surface area (Å²) in [6.45, 7) is 4.05. The molecule has 1 aromatic carbocycles. The van der Waals surface area contributed by atoms with Crippen LogP contribution in [0.4, 0.5) is 0 Å². The van der Waals surface area contributed by atoms with Crippen LogP contribution in [0.5, 0.6) is 0 Å². The molecule has 0 bridgehead atoms. The van der Waals surface area contributed by atoms with E-state index in [0.29, 0.717) is 0 Å². The molecule has 0 saturated carbocycles. The molecule has 0 spiro atoms. The van der Waals surface area contributed by atoms with E-state index in [9.17, 15) is 8.42 Å². The van der Waals surface area contributed by atoms with E-state index < -0.39 is 10.0 Å². The second-order valence-corrected chi connectivity index (χ2v) is 7.50. The molecule has 0 radical (unpaired) electrons. The minimum atomic E-state index is -3.55. The van der Waals surface area contributed by atoms with E-state index in [0.717, 1.165) is 22.7 Å². The largest absolute Gasteiger partial charge is 0.324 e. The van der Waals surface area contributed by atoms with Gasteiger partial charge in [0.1, 0.15) is 5.01 Å². The summed E-state index contributed by atoms with van der Waals surface area (Å²) in [7, 11) is -3.55. The Kier molecular flexibility index (Phi) is 5.10. The van der Waals surface area contributed by atoms with Crippen LogP contribution in [0.15, 0.2) is 34.5 Å². The van der Waals surface area contributed by atoms with Gasteiger partial charge in [0, 0.05) is 17.1 Å². The van der Waals surface area contributed by atoms with Crippen LogP contribution in [-0.2, 0) is 16.6 Å². The van der Waals surface area contributed by atoms with Crippen molar-refractivity contribution in [3.63, 3.8) is 0 Å². The van der Waals surface area contributed by atoms with E-state index in [1.807, 2.05) is 25.3 Å². The van der Waals surface area contributed by atoms with Crippen molar-refractivity contribution in [2.45, 2.75) is 37.8 Å². The SMILES string of the molecule is CCC(N)c1cccc(S(=O)(=O)NCc2nc(C)cs2)c1. The normalized spacial score (nSPS) is 13.3. The topological polar surface area (TPSA) is 85.1 Å². The number of aryl methyl sites for hydroxylation is 1. The fraction of sp³-hybridized carbons (Fsp3) is 0.357. The van der Waals surface area contributed by atoms with Gasteiger partial charge in [0.15, 0.2) is 0 Å². The van der Waals surface area contributed by atoms with Gasteiger partial charge in [0.05, 0.1) is 11.4 Å². The van der Waals surface area contributed by atoms with E-state index in [1.165, 1.54) is 11.3 Å². The number of aromatic nitrogens is 1. The maximum atomic E-state index is 12.3. The third-order valence-corrected chi connectivity index (χ3v) is 5.48. The molecule has 0 aliphatic carbocycles. The number of nitrogens with one attached hydrogen (secondary N) is 1. The summed E-state index contributed by atoms with van der Waals surface area (Å²) in [5, 5.41) is 2.64. The third-order valence-electron chi connectivity index (χ3n) is 3.12. The summed E-state index contributed by atoms with van der Waals surface area (Å²) < 4.78 is 27.2. The predicted molar refractivity (Wildman–Crippen MR) is 84.5 cm³/mol. The monoisotopic (exact) mass is 325 g/mol. The summed E-state index contributed by atoms with van der Waals surface area (Å²) in [4.78, 5) is 4.47. The Labute approximate surface area is 129 Å². The molecule has 114 valence electrons. The molecule has 0 aliphatic rings. The zero-order valence-electron chi connectivity index (χ0n) is 12.0. The average molecular weight is 325 g/mol. The van der Waals surface area contributed by atoms with Crippen LogP contribution in [-0.4, -0.2) is 13.4 Å². The number of hydrogen-bond donors (Lipinski definition) is 2. The van der Waals surface area contributed by atoms with Gasteiger partial charge in [0.25, 0.3) is 0 Å². The van der Waals surface area contributed by atoms with Crippen LogP contribution in [0.3, 0.4) is 0 Å². The Morgan fingerprint density at radius 2 is 2.19 bits per heavy atom. The molecule has 1 heterocycles. The Hall–Kier alpha value is -1.28. The van der Waals surface area contributed by atoms with E-state index in [2.05, 4.69) is 9.71 Å². The molecule has 21 heavy (non-hydrogen) atoms. The highest BCUT2D eigenvalue weighted by Gasteiger charge is 2.16. The first kappa shape index (κ1) is 16.1. The standard InChI is InChI=1S/C14H19N3O2S2/c1-3-13(15)11-5-4-6-12(7-11)21(18,19)16-8-14-17-10(2)9-20-14/h4-7,9,13,16H,3,8,15H2,1-2H3. The molecular formula is C14H19N3O2S2. The molecule has 1 unspecified atom stereocenters. The number of thiazole rings is 1. The fourth-order valence-electron chi connectivity index (χ4n) is 1.87. The molecule has 0 saturated heterocycles. The number of sulfonamides is 1. The van der Waals surface area contributed by atoms with Gasteiger partial charge < -0.3 is 5.73 Å². The van der Waals surface area contributed by atoms with Gasteiger partial charge in [-0.15, -0.1) is 11.3 Å². The molecule has 0 amide bonds. The lowest BCUT2D eigenvalue weighted by atomic mass is 10.1. The summed E-state index contributed by atoms with van der Waals surface area (Å²) in [6, 6.07) is 6.61. The van der Waals surface area contributed by atoms with Crippen molar-refractivity contribution >= 4 is 21.4 Å². The summed E-state index contributed by atoms with van der Waals surface area (Å²) in [5.41, 5.74) is 7.67. The van der Waals surface area contributed by atoms with Crippen molar-refractivity contribution in [3.8, 4) is 0 Å². The van der Waals surface area contributed by atoms with Crippen molar-refractivity contribution in [2.24, 2.45) is 5.73 Å². The number of nitrogens with zero attached hydrogens (tertiary/aromatic N) is 1. The highest BCUT2D eigenvalue weighted by atomic mass is 32.2. The fourth-order valence-corrected chi connectivity index (χ4v) is 3.72. The summed E-state index contributed by atoms with van der Waals surface area (Å²) >= 11 is 1.44. The summed E-state index contributed by atoms with van der Waals surface area (Å²) in [5.74, 6) is 0. The Bertz CT molecular complexity index is 711. The Morgan fingerprint density at radius 1 is 1.43 bits per heavy atom. The number of hydrogen-bond acceptors (Lipinski definition) is 5. The summed E-state index contributed by atoms with van der Waals surface area (Å²) in [6.07, 6.45) is 0.759. The molecule has 0 fully saturated rings. The first-order valence-electron chi connectivity index (χ1n) is 6.68. The van der Waals surface area contributed by atoms with Gasteiger partial charge in [-0.2, -0.15) is 0 Å². The first-order chi connectivity index (χ1) is 9.92. The smallest absolute Gasteiger partial charge is 0.240 e. The van der Waals surface area contributed by atoms with E-state index >= 15 is 0 Å². The zero-order chi connectivity index (χ0) is 15.5. The molecule has 2 aromatic rings. The third kappa shape index (κ3) is 4.10. The van der Waals surface area contributed by atoms with Gasteiger partial charge in [-0.05, 0) is 31.0 Å². The molecule has 0 aliphatic heterocycles. The van der Waals surface area contributed by atoms with Crippen molar-refractivity contribution in [3.05, 3.63) is 45.9 Å². The zero-order valence-corrected chi connectivity index (χ0v) is 13.7. The lowest BCUT2D eigenvalue weighted by molar-refractivity contribution is 0.580. The highest BCUT2D eigenvalue weighted by molar-refractivity contribution is 7.89. The van der Waals surface area contributed by atoms with Gasteiger partial charge >= 0.3 is 0 Å².